The maximum atomic E-state index is 13.0. The van der Waals surface area contributed by atoms with Gasteiger partial charge in [0.1, 0.15) is 6.04 Å². The molecule has 1 N–H and O–H groups in total. The van der Waals surface area contributed by atoms with Crippen molar-refractivity contribution in [2.45, 2.75) is 57.5 Å². The van der Waals surface area contributed by atoms with Crippen LogP contribution in [0.4, 0.5) is 0 Å². The van der Waals surface area contributed by atoms with E-state index in [-0.39, 0.29) is 17.9 Å². The van der Waals surface area contributed by atoms with Gasteiger partial charge in [-0.05, 0) is 45.2 Å². The first-order valence-electron chi connectivity index (χ1n) is 9.33. The zero-order valence-electron chi connectivity index (χ0n) is 16.3. The lowest BCUT2D eigenvalue weighted by atomic mass is 10.0. The van der Waals surface area contributed by atoms with Gasteiger partial charge in [0, 0.05) is 25.1 Å². The molecule has 1 unspecified atom stereocenters. The normalized spacial score (nSPS) is 15.4. The molecular formula is C21H27N3O3. The Balaban J connectivity index is 1.86. The number of hydrogen-bond acceptors (Lipinski definition) is 3. The lowest BCUT2D eigenvalue weighted by Crippen LogP contribution is -2.44. The zero-order valence-corrected chi connectivity index (χ0v) is 16.3. The maximum absolute atomic E-state index is 13.0. The van der Waals surface area contributed by atoms with E-state index < -0.39 is 12.0 Å². The summed E-state index contributed by atoms with van der Waals surface area (Å²) in [5, 5.41) is 14.2. The first-order chi connectivity index (χ1) is 12.7. The first kappa shape index (κ1) is 19.1. The molecule has 0 saturated heterocycles. The topological polar surface area (TPSA) is 75.4 Å². The van der Waals surface area contributed by atoms with Crippen molar-refractivity contribution in [3.8, 4) is 0 Å². The molecule has 1 heterocycles. The van der Waals surface area contributed by atoms with Crippen molar-refractivity contribution >= 4 is 11.9 Å². The van der Waals surface area contributed by atoms with E-state index in [1.165, 1.54) is 11.9 Å². The summed E-state index contributed by atoms with van der Waals surface area (Å²) in [5.41, 5.74) is 2.02. The Hall–Kier alpha value is -2.63. The molecule has 1 aromatic heterocycles. The van der Waals surface area contributed by atoms with Gasteiger partial charge < -0.3 is 10.0 Å². The van der Waals surface area contributed by atoms with E-state index >= 15 is 0 Å². The number of aromatic nitrogens is 2. The summed E-state index contributed by atoms with van der Waals surface area (Å²) in [7, 11) is 1.54. The summed E-state index contributed by atoms with van der Waals surface area (Å²) in [4.78, 5) is 26.1. The van der Waals surface area contributed by atoms with Gasteiger partial charge in [-0.2, -0.15) is 5.10 Å². The maximum Gasteiger partial charge on any atom is 0.326 e. The molecule has 27 heavy (non-hydrogen) atoms. The van der Waals surface area contributed by atoms with E-state index in [1.807, 2.05) is 41.1 Å². The Morgan fingerprint density at radius 1 is 1.26 bits per heavy atom. The van der Waals surface area contributed by atoms with Crippen LogP contribution >= 0.6 is 0 Å². The highest BCUT2D eigenvalue weighted by Gasteiger charge is 2.34. The van der Waals surface area contributed by atoms with Gasteiger partial charge in [-0.3, -0.25) is 9.48 Å². The molecule has 1 aromatic carbocycles. The van der Waals surface area contributed by atoms with E-state index in [0.29, 0.717) is 11.6 Å². The summed E-state index contributed by atoms with van der Waals surface area (Å²) in [6.07, 6.45) is 2.47. The summed E-state index contributed by atoms with van der Waals surface area (Å²) in [5.74, 6) is -0.932. The highest BCUT2D eigenvalue weighted by molar-refractivity contribution is 5.95. The minimum Gasteiger partial charge on any atom is -0.480 e. The number of carbonyl (C=O) groups excluding carboxylic acids is 1. The zero-order chi connectivity index (χ0) is 19.8. The number of likely N-dealkylation sites (N-methyl/N-ethyl adjacent to an activating group) is 1. The Morgan fingerprint density at radius 3 is 2.41 bits per heavy atom. The summed E-state index contributed by atoms with van der Waals surface area (Å²) < 4.78 is 1.92. The summed E-state index contributed by atoms with van der Waals surface area (Å²) >= 11 is 0. The second-order valence-electron chi connectivity index (χ2n) is 8.27. The van der Waals surface area contributed by atoms with Gasteiger partial charge in [0.15, 0.2) is 5.69 Å². The minimum absolute atomic E-state index is 0.231. The van der Waals surface area contributed by atoms with Gasteiger partial charge in [0.2, 0.25) is 0 Å². The Morgan fingerprint density at radius 2 is 1.89 bits per heavy atom. The fourth-order valence-electron chi connectivity index (χ4n) is 3.26. The smallest absolute Gasteiger partial charge is 0.326 e. The Labute approximate surface area is 159 Å². The first-order valence-corrected chi connectivity index (χ1v) is 9.33. The van der Waals surface area contributed by atoms with Crippen molar-refractivity contribution < 1.29 is 14.7 Å². The van der Waals surface area contributed by atoms with Crippen molar-refractivity contribution in [2.75, 3.05) is 7.05 Å². The molecule has 1 saturated carbocycles. The van der Waals surface area contributed by atoms with E-state index in [4.69, 9.17) is 0 Å². The van der Waals surface area contributed by atoms with Crippen molar-refractivity contribution in [1.29, 1.82) is 0 Å². The monoisotopic (exact) mass is 369 g/mol. The number of carboxylic acid groups (broad SMARTS) is 1. The van der Waals surface area contributed by atoms with Crippen LogP contribution in [0.15, 0.2) is 36.4 Å². The fourth-order valence-corrected chi connectivity index (χ4v) is 3.26. The van der Waals surface area contributed by atoms with Crippen LogP contribution in [0.1, 0.15) is 61.3 Å². The highest BCUT2D eigenvalue weighted by Crippen LogP contribution is 2.41. The van der Waals surface area contributed by atoms with Crippen LogP contribution in [0.3, 0.4) is 0 Å². The molecule has 1 aliphatic rings. The van der Waals surface area contributed by atoms with E-state index in [2.05, 4.69) is 25.9 Å². The van der Waals surface area contributed by atoms with Crippen LogP contribution in [0.5, 0.6) is 0 Å². The minimum atomic E-state index is -1.02. The van der Waals surface area contributed by atoms with Crippen LogP contribution in [0.2, 0.25) is 0 Å². The SMILES string of the molecule is CN(C(=O)c1cc(C2CC2)n(C(C)(C)C)n1)C(Cc1ccccc1)C(=O)O. The molecule has 6 nitrogen and oxygen atoms in total. The lowest BCUT2D eigenvalue weighted by molar-refractivity contribution is -0.141. The molecule has 0 radical (unpaired) electrons. The van der Waals surface area contributed by atoms with E-state index in [9.17, 15) is 14.7 Å². The highest BCUT2D eigenvalue weighted by atomic mass is 16.4. The van der Waals surface area contributed by atoms with Crippen molar-refractivity contribution in [2.24, 2.45) is 0 Å². The number of carboxylic acids is 1. The molecule has 0 aliphatic heterocycles. The van der Waals surface area contributed by atoms with Gasteiger partial charge >= 0.3 is 5.97 Å². The molecule has 1 aliphatic carbocycles. The Bertz CT molecular complexity index is 832. The van der Waals surface area contributed by atoms with Crippen LogP contribution in [0.25, 0.3) is 0 Å². The standard InChI is InChI=1S/C21H27N3O3/c1-21(2,3)24-17(15-10-11-15)13-16(22-24)19(25)23(4)18(20(26)27)12-14-8-6-5-7-9-14/h5-9,13,15,18H,10-12H2,1-4H3,(H,26,27). The molecule has 1 amide bonds. The molecule has 144 valence electrons. The second kappa shape index (κ2) is 7.18. The van der Waals surface area contributed by atoms with Crippen LogP contribution in [-0.4, -0.2) is 44.8 Å². The Kier molecular flexibility index (Phi) is 5.09. The second-order valence-corrected chi connectivity index (χ2v) is 8.27. The van der Waals surface area contributed by atoms with Gasteiger partial charge in [0.25, 0.3) is 5.91 Å². The number of nitrogens with zero attached hydrogens (tertiary/aromatic N) is 3. The number of aliphatic carboxylic acids is 1. The molecule has 0 bridgehead atoms. The van der Waals surface area contributed by atoms with Crippen molar-refractivity contribution in [3.63, 3.8) is 0 Å². The predicted octanol–water partition coefficient (Wildman–Crippen LogP) is 3.28. The molecule has 1 atom stereocenters. The van der Waals surface area contributed by atoms with Crippen LogP contribution in [0, 0.1) is 0 Å². The summed E-state index contributed by atoms with van der Waals surface area (Å²) in [6.45, 7) is 6.16. The third-order valence-corrected chi connectivity index (χ3v) is 4.93. The van der Waals surface area contributed by atoms with Crippen LogP contribution in [-0.2, 0) is 16.8 Å². The van der Waals surface area contributed by atoms with Crippen molar-refractivity contribution in [3.05, 3.63) is 53.3 Å². The average molecular weight is 369 g/mol. The van der Waals surface area contributed by atoms with Gasteiger partial charge in [-0.15, -0.1) is 0 Å². The molecule has 0 spiro atoms. The quantitative estimate of drug-likeness (QED) is 0.848. The van der Waals surface area contributed by atoms with Crippen molar-refractivity contribution in [1.82, 2.24) is 14.7 Å². The van der Waals surface area contributed by atoms with Gasteiger partial charge in [-0.25, -0.2) is 4.79 Å². The molecular weight excluding hydrogens is 342 g/mol. The predicted molar refractivity (Wildman–Crippen MR) is 103 cm³/mol. The molecule has 3 rings (SSSR count). The largest absolute Gasteiger partial charge is 0.480 e. The number of carbonyl (C=O) groups is 2. The fraction of sp³-hybridized carbons (Fsp3) is 0.476. The average Bonchev–Trinajstić information content (AvgIpc) is 3.36. The van der Waals surface area contributed by atoms with Gasteiger partial charge in [-0.1, -0.05) is 30.3 Å². The third-order valence-electron chi connectivity index (χ3n) is 4.93. The van der Waals surface area contributed by atoms with Gasteiger partial charge in [0.05, 0.1) is 5.54 Å². The number of hydrogen-bond donors (Lipinski definition) is 1. The van der Waals surface area contributed by atoms with E-state index in [1.54, 1.807) is 0 Å². The number of rotatable bonds is 6. The number of benzene rings is 1. The number of amides is 1. The summed E-state index contributed by atoms with van der Waals surface area (Å²) in [6, 6.07) is 10.2. The molecule has 1 fully saturated rings. The third kappa shape index (κ3) is 4.21. The molecule has 6 heteroatoms. The van der Waals surface area contributed by atoms with E-state index in [0.717, 1.165) is 24.1 Å². The molecule has 2 aromatic rings. The van der Waals surface area contributed by atoms with Crippen LogP contribution < -0.4 is 0 Å². The lowest BCUT2D eigenvalue weighted by Gasteiger charge is -2.24.